The molecule has 0 N–H and O–H groups in total. The molecule has 0 amide bonds. The van der Waals surface area contributed by atoms with Crippen LogP contribution in [0.3, 0.4) is 0 Å². The molecule has 0 aliphatic carbocycles. The Hall–Kier alpha value is -0.573. The molecule has 0 bridgehead atoms. The fourth-order valence-corrected chi connectivity index (χ4v) is 0.326. The van der Waals surface area contributed by atoms with Gasteiger partial charge in [0, 0.05) is 28.2 Å². The minimum Gasteiger partial charge on any atom is -0.341 e. The maximum Gasteiger partial charge on any atom is 0.0943 e. The minimum atomic E-state index is -0.139. The van der Waals surface area contributed by atoms with Gasteiger partial charge in [-0.3, -0.25) is 0 Å². The molecule has 2 nitrogen and oxygen atoms in total. The smallest absolute Gasteiger partial charge is 0.0943 e. The zero-order valence-electron chi connectivity index (χ0n) is 7.20. The van der Waals surface area contributed by atoms with Crippen LogP contribution >= 0.6 is 0 Å². The first kappa shape index (κ1) is 9.43. The SMILES string of the molecule is C[SiH](C)C.Cn1ccnc1. The Balaban J connectivity index is 0.000000180. The number of hydrogen-bond donors (Lipinski definition) is 0. The lowest BCUT2D eigenvalue weighted by Gasteiger charge is -1.76. The van der Waals surface area contributed by atoms with Gasteiger partial charge in [0.25, 0.3) is 0 Å². The third-order valence-electron chi connectivity index (χ3n) is 0.637. The summed E-state index contributed by atoms with van der Waals surface area (Å²) in [6.07, 6.45) is 5.39. The first-order valence-electron chi connectivity index (χ1n) is 3.55. The summed E-state index contributed by atoms with van der Waals surface area (Å²) in [5.74, 6) is 0. The van der Waals surface area contributed by atoms with E-state index in [9.17, 15) is 0 Å². The third-order valence-corrected chi connectivity index (χ3v) is 0.637. The minimum absolute atomic E-state index is 0.139. The van der Waals surface area contributed by atoms with E-state index in [-0.39, 0.29) is 8.80 Å². The van der Waals surface area contributed by atoms with E-state index >= 15 is 0 Å². The van der Waals surface area contributed by atoms with Crippen LogP contribution in [0, 0.1) is 0 Å². The lowest BCUT2D eigenvalue weighted by molar-refractivity contribution is 0.913. The molecule has 58 valence electrons. The number of imidazole rings is 1. The van der Waals surface area contributed by atoms with Crippen LogP contribution in [0.15, 0.2) is 18.7 Å². The first-order valence-corrected chi connectivity index (χ1v) is 7.01. The van der Waals surface area contributed by atoms with E-state index in [1.54, 1.807) is 12.5 Å². The van der Waals surface area contributed by atoms with Gasteiger partial charge in [-0.2, -0.15) is 0 Å². The Morgan fingerprint density at radius 3 is 1.90 bits per heavy atom. The van der Waals surface area contributed by atoms with E-state index in [4.69, 9.17) is 0 Å². The predicted octanol–water partition coefficient (Wildman–Crippen LogP) is 1.52. The Morgan fingerprint density at radius 1 is 1.30 bits per heavy atom. The van der Waals surface area contributed by atoms with Crippen LogP contribution in [-0.2, 0) is 7.05 Å². The standard InChI is InChI=1S/C4H6N2.C3H10Si/c1-6-3-2-5-4-6;1-4(2)3/h2-4H,1H3;4H,1-3H3. The molecule has 0 aromatic carbocycles. The highest BCUT2D eigenvalue weighted by Crippen LogP contribution is 1.73. The molecule has 10 heavy (non-hydrogen) atoms. The average Bonchev–Trinajstić information content (AvgIpc) is 2.15. The van der Waals surface area contributed by atoms with Crippen LogP contribution in [0.5, 0.6) is 0 Å². The molecule has 1 rings (SSSR count). The molecule has 1 heterocycles. The molecule has 0 aliphatic rings. The number of aryl methyl sites for hydroxylation is 1. The largest absolute Gasteiger partial charge is 0.341 e. The summed E-state index contributed by atoms with van der Waals surface area (Å²) in [7, 11) is 1.80. The number of aromatic nitrogens is 2. The van der Waals surface area contributed by atoms with E-state index in [2.05, 4.69) is 24.6 Å². The van der Waals surface area contributed by atoms with Crippen molar-refractivity contribution in [1.29, 1.82) is 0 Å². The van der Waals surface area contributed by atoms with Crippen molar-refractivity contribution in [2.45, 2.75) is 19.6 Å². The average molecular weight is 156 g/mol. The van der Waals surface area contributed by atoms with E-state index in [0.717, 1.165) is 0 Å². The van der Waals surface area contributed by atoms with Crippen molar-refractivity contribution in [2.75, 3.05) is 0 Å². The van der Waals surface area contributed by atoms with Gasteiger partial charge in [-0.15, -0.1) is 0 Å². The molecule has 0 spiro atoms. The second kappa shape index (κ2) is 5.23. The highest BCUT2D eigenvalue weighted by Gasteiger charge is 1.71. The topological polar surface area (TPSA) is 17.8 Å². The van der Waals surface area contributed by atoms with Gasteiger partial charge >= 0.3 is 0 Å². The molecule has 0 radical (unpaired) electrons. The lowest BCUT2D eigenvalue weighted by atomic mass is 10.9. The zero-order valence-corrected chi connectivity index (χ0v) is 8.36. The molecule has 1 aromatic heterocycles. The summed E-state index contributed by atoms with van der Waals surface area (Å²) in [6.45, 7) is 6.92. The monoisotopic (exact) mass is 156 g/mol. The van der Waals surface area contributed by atoms with Crippen molar-refractivity contribution in [3.63, 3.8) is 0 Å². The molecule has 3 heteroatoms. The zero-order chi connectivity index (χ0) is 7.98. The highest BCUT2D eigenvalue weighted by molar-refractivity contribution is 6.54. The lowest BCUT2D eigenvalue weighted by Crippen LogP contribution is -1.84. The molecule has 0 atom stereocenters. The van der Waals surface area contributed by atoms with Crippen molar-refractivity contribution in [3.05, 3.63) is 18.7 Å². The normalized spacial score (nSPS) is 8.90. The Kier molecular flexibility index (Phi) is 4.93. The highest BCUT2D eigenvalue weighted by atomic mass is 28.3. The fraction of sp³-hybridized carbons (Fsp3) is 0.571. The molecule has 0 fully saturated rings. The molecular formula is C7H16N2Si. The molecule has 0 saturated carbocycles. The van der Waals surface area contributed by atoms with Crippen molar-refractivity contribution < 1.29 is 0 Å². The van der Waals surface area contributed by atoms with Crippen LogP contribution in [0.4, 0.5) is 0 Å². The summed E-state index contributed by atoms with van der Waals surface area (Å²) >= 11 is 0. The molecular weight excluding hydrogens is 140 g/mol. The summed E-state index contributed by atoms with van der Waals surface area (Å²) in [6, 6.07) is 0. The Bertz CT molecular complexity index is 144. The summed E-state index contributed by atoms with van der Waals surface area (Å²) in [5, 5.41) is 0. The van der Waals surface area contributed by atoms with Crippen LogP contribution < -0.4 is 0 Å². The molecule has 1 aromatic rings. The van der Waals surface area contributed by atoms with Gasteiger partial charge < -0.3 is 4.57 Å². The number of nitrogens with zero attached hydrogens (tertiary/aromatic N) is 2. The van der Waals surface area contributed by atoms with Gasteiger partial charge in [0.15, 0.2) is 0 Å². The second-order valence-electron chi connectivity index (χ2n) is 2.96. The van der Waals surface area contributed by atoms with Crippen molar-refractivity contribution >= 4 is 8.80 Å². The van der Waals surface area contributed by atoms with Crippen LogP contribution in [0.25, 0.3) is 0 Å². The quantitative estimate of drug-likeness (QED) is 0.521. The molecule has 0 aliphatic heterocycles. The maximum atomic E-state index is 3.78. The maximum absolute atomic E-state index is 3.78. The van der Waals surface area contributed by atoms with Crippen LogP contribution in [-0.4, -0.2) is 18.3 Å². The molecule has 0 saturated heterocycles. The van der Waals surface area contributed by atoms with Gasteiger partial charge in [0.1, 0.15) is 0 Å². The second-order valence-corrected chi connectivity index (χ2v) is 6.42. The third kappa shape index (κ3) is 7.43. The van der Waals surface area contributed by atoms with E-state index in [1.165, 1.54) is 0 Å². The van der Waals surface area contributed by atoms with Gasteiger partial charge in [0.2, 0.25) is 0 Å². The van der Waals surface area contributed by atoms with Crippen molar-refractivity contribution in [3.8, 4) is 0 Å². The van der Waals surface area contributed by atoms with Gasteiger partial charge in [0.05, 0.1) is 6.33 Å². The first-order chi connectivity index (χ1) is 4.63. The van der Waals surface area contributed by atoms with Crippen molar-refractivity contribution in [2.24, 2.45) is 7.05 Å². The van der Waals surface area contributed by atoms with E-state index in [0.29, 0.717) is 0 Å². The summed E-state index contributed by atoms with van der Waals surface area (Å²) < 4.78 is 1.89. The van der Waals surface area contributed by atoms with E-state index in [1.807, 2.05) is 17.8 Å². The van der Waals surface area contributed by atoms with Gasteiger partial charge in [-0.05, 0) is 0 Å². The predicted molar refractivity (Wildman–Crippen MR) is 47.9 cm³/mol. The Labute approximate surface area is 64.5 Å². The van der Waals surface area contributed by atoms with Crippen LogP contribution in [0.2, 0.25) is 19.6 Å². The summed E-state index contributed by atoms with van der Waals surface area (Å²) in [4.78, 5) is 3.78. The van der Waals surface area contributed by atoms with Gasteiger partial charge in [-0.1, -0.05) is 19.6 Å². The number of rotatable bonds is 0. The number of hydrogen-bond acceptors (Lipinski definition) is 1. The molecule has 0 unspecified atom stereocenters. The van der Waals surface area contributed by atoms with Crippen molar-refractivity contribution in [1.82, 2.24) is 9.55 Å². The fourth-order valence-electron chi connectivity index (χ4n) is 0.326. The van der Waals surface area contributed by atoms with Crippen LogP contribution in [0.1, 0.15) is 0 Å². The van der Waals surface area contributed by atoms with Gasteiger partial charge in [-0.25, -0.2) is 4.98 Å². The van der Waals surface area contributed by atoms with E-state index < -0.39 is 0 Å². The Morgan fingerprint density at radius 2 is 1.80 bits per heavy atom. The summed E-state index contributed by atoms with van der Waals surface area (Å²) in [5.41, 5.74) is 0.